The van der Waals surface area contributed by atoms with Gasteiger partial charge < -0.3 is 10.3 Å². The van der Waals surface area contributed by atoms with E-state index in [2.05, 4.69) is 44.8 Å². The maximum atomic E-state index is 5.76. The van der Waals surface area contributed by atoms with E-state index in [0.717, 1.165) is 24.0 Å². The molecule has 0 spiro atoms. The van der Waals surface area contributed by atoms with E-state index in [4.69, 9.17) is 5.73 Å². The predicted octanol–water partition coefficient (Wildman–Crippen LogP) is 2.92. The summed E-state index contributed by atoms with van der Waals surface area (Å²) < 4.78 is 3.59. The van der Waals surface area contributed by atoms with Gasteiger partial charge in [-0.1, -0.05) is 22.0 Å². The van der Waals surface area contributed by atoms with Crippen molar-refractivity contribution < 1.29 is 0 Å². The zero-order chi connectivity index (χ0) is 11.1. The monoisotopic (exact) mass is 278 g/mol. The number of aryl methyl sites for hydroxylation is 1. The predicted molar refractivity (Wildman–Crippen MR) is 70.5 cm³/mol. The molecule has 0 radical (unpaired) electrons. The van der Waals surface area contributed by atoms with Gasteiger partial charge in [0, 0.05) is 22.2 Å². The van der Waals surface area contributed by atoms with Gasteiger partial charge in [-0.25, -0.2) is 0 Å². The first-order valence-electron chi connectivity index (χ1n) is 5.75. The maximum absolute atomic E-state index is 5.76. The first-order valence-corrected chi connectivity index (χ1v) is 6.55. The second-order valence-corrected chi connectivity index (χ2v) is 5.50. The lowest BCUT2D eigenvalue weighted by atomic mass is 9.96. The summed E-state index contributed by atoms with van der Waals surface area (Å²) in [5.74, 6) is 0.667. The molecule has 2 aromatic rings. The summed E-state index contributed by atoms with van der Waals surface area (Å²) >= 11 is 3.54. The Morgan fingerprint density at radius 3 is 3.06 bits per heavy atom. The van der Waals surface area contributed by atoms with Crippen molar-refractivity contribution >= 4 is 26.8 Å². The summed E-state index contributed by atoms with van der Waals surface area (Å²) in [6.07, 6.45) is 2.34. The Morgan fingerprint density at radius 1 is 1.38 bits per heavy atom. The fourth-order valence-electron chi connectivity index (χ4n) is 2.63. The minimum absolute atomic E-state index is 0.667. The summed E-state index contributed by atoms with van der Waals surface area (Å²) in [4.78, 5) is 0. The number of hydrogen-bond donors (Lipinski definition) is 1. The van der Waals surface area contributed by atoms with Gasteiger partial charge in [0.05, 0.1) is 0 Å². The second kappa shape index (κ2) is 3.90. The van der Waals surface area contributed by atoms with Crippen molar-refractivity contribution in [2.45, 2.75) is 19.4 Å². The maximum Gasteiger partial charge on any atom is 0.0493 e. The molecule has 2 N–H and O–H groups in total. The summed E-state index contributed by atoms with van der Waals surface area (Å²) in [7, 11) is 0. The molecule has 1 atom stereocenters. The normalized spacial score (nSPS) is 20.0. The Kier molecular flexibility index (Phi) is 2.52. The van der Waals surface area contributed by atoms with Crippen LogP contribution in [-0.4, -0.2) is 11.1 Å². The first-order chi connectivity index (χ1) is 7.78. The Morgan fingerprint density at radius 2 is 2.25 bits per heavy atom. The van der Waals surface area contributed by atoms with Crippen LogP contribution in [0.1, 0.15) is 12.1 Å². The molecule has 0 bridgehead atoms. The Balaban J connectivity index is 2.13. The molecule has 1 aromatic heterocycles. The Labute approximate surface area is 104 Å². The van der Waals surface area contributed by atoms with Crippen LogP contribution in [0.3, 0.4) is 0 Å². The lowest BCUT2D eigenvalue weighted by molar-refractivity contribution is 0.402. The summed E-state index contributed by atoms with van der Waals surface area (Å²) in [5.41, 5.74) is 8.55. The van der Waals surface area contributed by atoms with Crippen molar-refractivity contribution in [1.82, 2.24) is 4.57 Å². The number of hydrogen-bond acceptors (Lipinski definition) is 1. The van der Waals surface area contributed by atoms with E-state index in [1.807, 2.05) is 0 Å². The zero-order valence-electron chi connectivity index (χ0n) is 9.12. The molecule has 2 nitrogen and oxygen atoms in total. The van der Waals surface area contributed by atoms with Gasteiger partial charge in [-0.15, -0.1) is 0 Å². The molecule has 3 heteroatoms. The van der Waals surface area contributed by atoms with E-state index in [-0.39, 0.29) is 0 Å². The number of nitrogens with two attached hydrogens (primary N) is 1. The van der Waals surface area contributed by atoms with E-state index < -0.39 is 0 Å². The van der Waals surface area contributed by atoms with Crippen LogP contribution in [0.5, 0.6) is 0 Å². The molecule has 1 aliphatic heterocycles. The Bertz CT molecular complexity index is 530. The third-order valence-electron chi connectivity index (χ3n) is 3.54. The molecular weight excluding hydrogens is 264 g/mol. The molecule has 84 valence electrons. The molecule has 0 amide bonds. The van der Waals surface area contributed by atoms with Crippen LogP contribution in [0, 0.1) is 5.92 Å². The first kappa shape index (κ1) is 10.4. The molecule has 3 rings (SSSR count). The van der Waals surface area contributed by atoms with Crippen LogP contribution in [0.4, 0.5) is 0 Å². The third-order valence-corrected chi connectivity index (χ3v) is 4.04. The lowest BCUT2D eigenvalue weighted by Gasteiger charge is -2.23. The van der Waals surface area contributed by atoms with Crippen LogP contribution in [-0.2, 0) is 13.0 Å². The third kappa shape index (κ3) is 1.59. The molecule has 0 saturated carbocycles. The fourth-order valence-corrected chi connectivity index (χ4v) is 2.98. The average Bonchev–Trinajstić information content (AvgIpc) is 2.66. The smallest absolute Gasteiger partial charge is 0.0493 e. The van der Waals surface area contributed by atoms with E-state index in [1.54, 1.807) is 0 Å². The van der Waals surface area contributed by atoms with Crippen molar-refractivity contribution in [3.63, 3.8) is 0 Å². The molecule has 2 heterocycles. The van der Waals surface area contributed by atoms with Gasteiger partial charge in [-0.3, -0.25) is 0 Å². The molecule has 0 saturated heterocycles. The van der Waals surface area contributed by atoms with E-state index >= 15 is 0 Å². The van der Waals surface area contributed by atoms with Crippen molar-refractivity contribution in [2.75, 3.05) is 6.54 Å². The average molecular weight is 279 g/mol. The summed E-state index contributed by atoms with van der Waals surface area (Å²) in [5, 5.41) is 1.34. The highest BCUT2D eigenvalue weighted by atomic mass is 79.9. The zero-order valence-corrected chi connectivity index (χ0v) is 10.7. The van der Waals surface area contributed by atoms with Crippen LogP contribution >= 0.6 is 15.9 Å². The largest absolute Gasteiger partial charge is 0.345 e. The minimum atomic E-state index is 0.667. The number of rotatable bonds is 1. The van der Waals surface area contributed by atoms with Gasteiger partial charge in [0.2, 0.25) is 0 Å². The molecular formula is C13H15BrN2. The van der Waals surface area contributed by atoms with Gasteiger partial charge in [0.1, 0.15) is 0 Å². The van der Waals surface area contributed by atoms with Crippen molar-refractivity contribution in [3.05, 3.63) is 34.4 Å². The SMILES string of the molecule is NCC1CCn2c(cc3ccc(Br)cc32)C1. The van der Waals surface area contributed by atoms with Gasteiger partial charge in [0.15, 0.2) is 0 Å². The minimum Gasteiger partial charge on any atom is -0.345 e. The van der Waals surface area contributed by atoms with Crippen molar-refractivity contribution in [3.8, 4) is 0 Å². The van der Waals surface area contributed by atoms with E-state index in [9.17, 15) is 0 Å². The van der Waals surface area contributed by atoms with Gasteiger partial charge in [-0.2, -0.15) is 0 Å². The highest BCUT2D eigenvalue weighted by Crippen LogP contribution is 2.29. The standard InChI is InChI=1S/C13H15BrN2/c14-11-2-1-10-6-12-5-9(8-15)3-4-16(12)13(10)7-11/h1-2,6-7,9H,3-5,8,15H2. The molecule has 1 aromatic carbocycles. The van der Waals surface area contributed by atoms with Crippen molar-refractivity contribution in [1.29, 1.82) is 0 Å². The molecule has 1 aliphatic rings. The van der Waals surface area contributed by atoms with E-state index in [1.165, 1.54) is 23.0 Å². The molecule has 1 unspecified atom stereocenters. The van der Waals surface area contributed by atoms with E-state index in [0.29, 0.717) is 5.92 Å². The number of fused-ring (bicyclic) bond motifs is 3. The Hall–Kier alpha value is -0.800. The summed E-state index contributed by atoms with van der Waals surface area (Å²) in [6, 6.07) is 8.81. The van der Waals surface area contributed by atoms with Gasteiger partial charge in [0.25, 0.3) is 0 Å². The number of nitrogens with zero attached hydrogens (tertiary/aromatic N) is 1. The fraction of sp³-hybridized carbons (Fsp3) is 0.385. The number of aromatic nitrogens is 1. The molecule has 0 fully saturated rings. The topological polar surface area (TPSA) is 30.9 Å². The van der Waals surface area contributed by atoms with Crippen LogP contribution < -0.4 is 5.73 Å². The second-order valence-electron chi connectivity index (χ2n) is 4.58. The van der Waals surface area contributed by atoms with Crippen LogP contribution in [0.2, 0.25) is 0 Å². The van der Waals surface area contributed by atoms with Gasteiger partial charge >= 0.3 is 0 Å². The van der Waals surface area contributed by atoms with Crippen molar-refractivity contribution in [2.24, 2.45) is 11.7 Å². The molecule has 16 heavy (non-hydrogen) atoms. The summed E-state index contributed by atoms with van der Waals surface area (Å²) in [6.45, 7) is 1.92. The highest BCUT2D eigenvalue weighted by Gasteiger charge is 2.19. The quantitative estimate of drug-likeness (QED) is 0.855. The molecule has 0 aliphatic carbocycles. The number of halogens is 1. The van der Waals surface area contributed by atoms with Crippen LogP contribution in [0.15, 0.2) is 28.7 Å². The van der Waals surface area contributed by atoms with Crippen LogP contribution in [0.25, 0.3) is 10.9 Å². The lowest BCUT2D eigenvalue weighted by Crippen LogP contribution is -2.24. The highest BCUT2D eigenvalue weighted by molar-refractivity contribution is 9.10. The number of benzene rings is 1. The van der Waals surface area contributed by atoms with Gasteiger partial charge in [-0.05, 0) is 48.9 Å².